The monoisotopic (exact) mass is 163 g/mol. The van der Waals surface area contributed by atoms with Gasteiger partial charge >= 0.3 is 0 Å². The molecule has 1 rings (SSSR count). The summed E-state index contributed by atoms with van der Waals surface area (Å²) in [6, 6.07) is 5.14. The first-order chi connectivity index (χ1) is 5.59. The molecule has 0 N–H and O–H groups in total. The fourth-order valence-electron chi connectivity index (χ4n) is 1.10. The van der Waals surface area contributed by atoms with E-state index in [1.807, 2.05) is 25.1 Å². The van der Waals surface area contributed by atoms with Crippen molar-refractivity contribution in [3.8, 4) is 5.75 Å². The van der Waals surface area contributed by atoms with Crippen molar-refractivity contribution in [1.29, 1.82) is 0 Å². The Kier molecular flexibility index (Phi) is 2.71. The molecule has 0 aliphatic rings. The van der Waals surface area contributed by atoms with Crippen LogP contribution in [-0.2, 0) is 11.7 Å². The van der Waals surface area contributed by atoms with Crippen LogP contribution in [0.3, 0.4) is 0 Å². The Hall–Kier alpha value is -1.02. The summed E-state index contributed by atoms with van der Waals surface area (Å²) >= 11 is 0. The smallest absolute Gasteiger partial charge is 0.183 e. The van der Waals surface area contributed by atoms with Crippen molar-refractivity contribution in [3.05, 3.63) is 36.2 Å². The lowest BCUT2D eigenvalue weighted by molar-refractivity contribution is 0.333. The minimum atomic E-state index is 0.0936. The predicted octanol–water partition coefficient (Wildman–Crippen LogP) is 2.07. The lowest BCUT2D eigenvalue weighted by Crippen LogP contribution is -2.10. The minimum absolute atomic E-state index is 0.0936. The van der Waals surface area contributed by atoms with Gasteiger partial charge in [0.2, 0.25) is 0 Å². The molecule has 0 unspecified atom stereocenters. The van der Waals surface area contributed by atoms with E-state index in [0.717, 1.165) is 11.1 Å². The van der Waals surface area contributed by atoms with Gasteiger partial charge in [-0.3, -0.25) is 5.11 Å². The summed E-state index contributed by atoms with van der Waals surface area (Å²) in [4.78, 5) is 1.97. The largest absolute Gasteiger partial charge is 0.305 e. The topological polar surface area (TPSA) is 23.1 Å². The summed E-state index contributed by atoms with van der Waals surface area (Å²) in [6.45, 7) is 4.45. The van der Waals surface area contributed by atoms with Gasteiger partial charge in [-0.25, -0.2) is 0 Å². The molecule has 0 amide bonds. The molecule has 12 heavy (non-hydrogen) atoms. The summed E-state index contributed by atoms with van der Waals surface area (Å²) in [5, 5.41) is 11.3. The highest BCUT2D eigenvalue weighted by Crippen LogP contribution is 2.19. The highest BCUT2D eigenvalue weighted by atomic mass is 16.3. The number of hydrogen-bond acceptors (Lipinski definition) is 1. The fourth-order valence-corrected chi connectivity index (χ4v) is 1.10. The van der Waals surface area contributed by atoms with E-state index in [2.05, 4.69) is 6.92 Å². The maximum atomic E-state index is 11.3. The van der Waals surface area contributed by atoms with Crippen LogP contribution in [-0.4, -0.2) is 19.0 Å². The molecule has 2 nitrogen and oxygen atoms in total. The summed E-state index contributed by atoms with van der Waals surface area (Å²) in [7, 11) is 3.88. The van der Waals surface area contributed by atoms with E-state index < -0.39 is 0 Å². The second-order valence-corrected chi connectivity index (χ2v) is 3.18. The van der Waals surface area contributed by atoms with E-state index >= 15 is 0 Å². The number of nitrogens with zero attached hydrogens (tertiary/aromatic N) is 1. The summed E-state index contributed by atoms with van der Waals surface area (Å²) in [6.07, 6.45) is 0. The van der Waals surface area contributed by atoms with Crippen molar-refractivity contribution in [2.45, 2.75) is 6.54 Å². The molecule has 1 aromatic rings. The second-order valence-electron chi connectivity index (χ2n) is 3.18. The van der Waals surface area contributed by atoms with Crippen LogP contribution in [0.15, 0.2) is 18.2 Å². The van der Waals surface area contributed by atoms with Crippen molar-refractivity contribution in [2.24, 2.45) is 0 Å². The zero-order valence-electron chi connectivity index (χ0n) is 7.50. The summed E-state index contributed by atoms with van der Waals surface area (Å²) < 4.78 is 0. The van der Waals surface area contributed by atoms with Crippen LogP contribution < -0.4 is 0 Å². The molecule has 0 aliphatic carbocycles. The SMILES string of the molecule is [CH2]c1ccc([O])c(CN(C)C)c1. The third kappa shape index (κ3) is 2.24. The Morgan fingerprint density at radius 1 is 1.42 bits per heavy atom. The Bertz CT molecular complexity index is 269. The van der Waals surface area contributed by atoms with E-state index in [0.29, 0.717) is 6.54 Å². The van der Waals surface area contributed by atoms with Crippen molar-refractivity contribution in [3.63, 3.8) is 0 Å². The number of benzene rings is 1. The first-order valence-corrected chi connectivity index (χ1v) is 3.86. The summed E-state index contributed by atoms with van der Waals surface area (Å²) in [5.41, 5.74) is 1.71. The molecule has 0 fully saturated rings. The fraction of sp³-hybridized carbons (Fsp3) is 0.300. The standard InChI is InChI=1S/C10H13NO/c1-8-4-5-10(12)9(6-8)7-11(2)3/h4-6H,1,7H2,2-3H3. The molecule has 64 valence electrons. The zero-order valence-corrected chi connectivity index (χ0v) is 7.50. The maximum Gasteiger partial charge on any atom is 0.183 e. The van der Waals surface area contributed by atoms with Crippen molar-refractivity contribution < 1.29 is 5.11 Å². The molecule has 0 heterocycles. The molecule has 0 atom stereocenters. The van der Waals surface area contributed by atoms with Crippen LogP contribution in [0.5, 0.6) is 5.75 Å². The van der Waals surface area contributed by atoms with Crippen LogP contribution in [0.2, 0.25) is 0 Å². The lowest BCUT2D eigenvalue weighted by Gasteiger charge is -2.10. The molecule has 0 spiro atoms. The molecule has 2 heteroatoms. The van der Waals surface area contributed by atoms with Crippen LogP contribution >= 0.6 is 0 Å². The molecule has 0 saturated heterocycles. The van der Waals surface area contributed by atoms with Crippen LogP contribution in [0.4, 0.5) is 0 Å². The second kappa shape index (κ2) is 3.59. The molecule has 0 bridgehead atoms. The minimum Gasteiger partial charge on any atom is -0.305 e. The number of hydrogen-bond donors (Lipinski definition) is 0. The van der Waals surface area contributed by atoms with Gasteiger partial charge in [0, 0.05) is 12.1 Å². The van der Waals surface area contributed by atoms with Gasteiger partial charge in [-0.15, -0.1) is 0 Å². The van der Waals surface area contributed by atoms with E-state index in [4.69, 9.17) is 0 Å². The Balaban J connectivity index is 2.90. The van der Waals surface area contributed by atoms with E-state index in [1.165, 1.54) is 0 Å². The normalized spacial score (nSPS) is 10.7. The lowest BCUT2D eigenvalue weighted by atomic mass is 10.1. The van der Waals surface area contributed by atoms with Gasteiger partial charge in [-0.1, -0.05) is 12.1 Å². The predicted molar refractivity (Wildman–Crippen MR) is 48.4 cm³/mol. The van der Waals surface area contributed by atoms with E-state index in [1.54, 1.807) is 12.1 Å². The van der Waals surface area contributed by atoms with Crippen LogP contribution in [0, 0.1) is 6.92 Å². The third-order valence-corrected chi connectivity index (χ3v) is 1.61. The first kappa shape index (κ1) is 9.07. The molecule has 0 aliphatic heterocycles. The number of rotatable bonds is 2. The van der Waals surface area contributed by atoms with Crippen molar-refractivity contribution in [1.82, 2.24) is 4.90 Å². The molecule has 0 saturated carbocycles. The Morgan fingerprint density at radius 3 is 2.67 bits per heavy atom. The van der Waals surface area contributed by atoms with Gasteiger partial charge in [0.05, 0.1) is 0 Å². The van der Waals surface area contributed by atoms with E-state index in [9.17, 15) is 5.11 Å². The van der Waals surface area contributed by atoms with Crippen molar-refractivity contribution >= 4 is 0 Å². The molecule has 2 radical (unpaired) electrons. The van der Waals surface area contributed by atoms with Crippen molar-refractivity contribution in [2.75, 3.05) is 14.1 Å². The summed E-state index contributed by atoms with van der Waals surface area (Å²) in [5.74, 6) is 0.0936. The van der Waals surface area contributed by atoms with Crippen LogP contribution in [0.25, 0.3) is 0 Å². The van der Waals surface area contributed by atoms with Gasteiger partial charge in [0.1, 0.15) is 0 Å². The first-order valence-electron chi connectivity index (χ1n) is 3.86. The molecule has 1 aromatic carbocycles. The van der Waals surface area contributed by atoms with Gasteiger partial charge in [0.15, 0.2) is 5.75 Å². The zero-order chi connectivity index (χ0) is 9.14. The quantitative estimate of drug-likeness (QED) is 0.654. The van der Waals surface area contributed by atoms with Crippen LogP contribution in [0.1, 0.15) is 11.1 Å². The van der Waals surface area contributed by atoms with Gasteiger partial charge in [-0.2, -0.15) is 0 Å². The highest BCUT2D eigenvalue weighted by Gasteiger charge is 2.03. The van der Waals surface area contributed by atoms with Gasteiger partial charge in [0.25, 0.3) is 0 Å². The highest BCUT2D eigenvalue weighted by molar-refractivity contribution is 5.36. The molecular formula is C10H13NO. The van der Waals surface area contributed by atoms with E-state index in [-0.39, 0.29) is 5.75 Å². The maximum absolute atomic E-state index is 11.3. The third-order valence-electron chi connectivity index (χ3n) is 1.61. The van der Waals surface area contributed by atoms with Gasteiger partial charge < -0.3 is 4.90 Å². The Morgan fingerprint density at radius 2 is 2.08 bits per heavy atom. The molecular weight excluding hydrogens is 150 g/mol. The average molecular weight is 163 g/mol. The van der Waals surface area contributed by atoms with Gasteiger partial charge in [-0.05, 0) is 32.6 Å². The average Bonchev–Trinajstić information content (AvgIpc) is 1.96. The molecule has 0 aromatic heterocycles. The Labute approximate surface area is 73.4 Å².